The SMILES string of the molecule is CCN(c1ncccc1[N+](=O)[O-])C1CCOCC1. The van der Waals surface area contributed by atoms with Gasteiger partial charge in [0.1, 0.15) is 0 Å². The Morgan fingerprint density at radius 3 is 2.89 bits per heavy atom. The van der Waals surface area contributed by atoms with E-state index < -0.39 is 0 Å². The van der Waals surface area contributed by atoms with Crippen molar-refractivity contribution in [2.45, 2.75) is 25.8 Å². The first kappa shape index (κ1) is 12.8. The summed E-state index contributed by atoms with van der Waals surface area (Å²) in [6, 6.07) is 3.38. The van der Waals surface area contributed by atoms with Crippen LogP contribution in [0.3, 0.4) is 0 Å². The summed E-state index contributed by atoms with van der Waals surface area (Å²) in [5.41, 5.74) is 0.0749. The third kappa shape index (κ3) is 2.59. The highest BCUT2D eigenvalue weighted by Gasteiger charge is 2.27. The molecule has 0 aliphatic carbocycles. The van der Waals surface area contributed by atoms with Crippen molar-refractivity contribution in [2.24, 2.45) is 0 Å². The van der Waals surface area contributed by atoms with Crippen LogP contribution in [-0.4, -0.2) is 35.7 Å². The molecule has 98 valence electrons. The molecule has 1 fully saturated rings. The highest BCUT2D eigenvalue weighted by atomic mass is 16.6. The Balaban J connectivity index is 2.28. The van der Waals surface area contributed by atoms with Crippen molar-refractivity contribution < 1.29 is 9.66 Å². The predicted molar refractivity (Wildman–Crippen MR) is 67.8 cm³/mol. The number of nitrogens with zero attached hydrogens (tertiary/aromatic N) is 3. The Morgan fingerprint density at radius 1 is 1.56 bits per heavy atom. The normalized spacial score (nSPS) is 16.5. The van der Waals surface area contributed by atoms with E-state index in [9.17, 15) is 10.1 Å². The van der Waals surface area contributed by atoms with Crippen molar-refractivity contribution >= 4 is 11.5 Å². The van der Waals surface area contributed by atoms with E-state index in [0.29, 0.717) is 25.6 Å². The smallest absolute Gasteiger partial charge is 0.311 e. The molecule has 0 saturated carbocycles. The zero-order chi connectivity index (χ0) is 13.0. The fourth-order valence-electron chi connectivity index (χ4n) is 2.33. The van der Waals surface area contributed by atoms with E-state index in [4.69, 9.17) is 4.74 Å². The van der Waals surface area contributed by atoms with Gasteiger partial charge in [0, 0.05) is 38.1 Å². The van der Waals surface area contributed by atoms with Crippen LogP contribution in [0.2, 0.25) is 0 Å². The molecule has 18 heavy (non-hydrogen) atoms. The summed E-state index contributed by atoms with van der Waals surface area (Å²) in [4.78, 5) is 16.9. The van der Waals surface area contributed by atoms with E-state index in [1.165, 1.54) is 6.07 Å². The number of hydrogen-bond acceptors (Lipinski definition) is 5. The molecule has 0 atom stereocenters. The van der Waals surface area contributed by atoms with Crippen molar-refractivity contribution in [3.63, 3.8) is 0 Å². The first-order valence-corrected chi connectivity index (χ1v) is 6.17. The van der Waals surface area contributed by atoms with Crippen LogP contribution in [0.15, 0.2) is 18.3 Å². The van der Waals surface area contributed by atoms with Crippen molar-refractivity contribution in [1.29, 1.82) is 0 Å². The van der Waals surface area contributed by atoms with Crippen LogP contribution in [0, 0.1) is 10.1 Å². The van der Waals surface area contributed by atoms with Crippen LogP contribution in [-0.2, 0) is 4.74 Å². The van der Waals surface area contributed by atoms with E-state index in [-0.39, 0.29) is 16.7 Å². The molecule has 1 aliphatic rings. The topological polar surface area (TPSA) is 68.5 Å². The second kappa shape index (κ2) is 5.77. The monoisotopic (exact) mass is 251 g/mol. The molecule has 0 bridgehead atoms. The standard InChI is InChI=1S/C12H17N3O3/c1-2-14(10-5-8-18-9-6-10)12-11(15(16)17)4-3-7-13-12/h3-4,7,10H,2,5-6,8-9H2,1H3. The van der Waals surface area contributed by atoms with Crippen LogP contribution in [0.5, 0.6) is 0 Å². The molecule has 1 aromatic rings. The van der Waals surface area contributed by atoms with Gasteiger partial charge in [-0.05, 0) is 25.8 Å². The fourth-order valence-corrected chi connectivity index (χ4v) is 2.33. The van der Waals surface area contributed by atoms with Gasteiger partial charge < -0.3 is 9.64 Å². The van der Waals surface area contributed by atoms with Gasteiger partial charge in [0.05, 0.1) is 4.92 Å². The lowest BCUT2D eigenvalue weighted by Gasteiger charge is -2.33. The maximum atomic E-state index is 11.0. The molecule has 2 rings (SSSR count). The molecular formula is C12H17N3O3. The molecule has 1 saturated heterocycles. The molecule has 6 nitrogen and oxygen atoms in total. The molecule has 0 N–H and O–H groups in total. The lowest BCUT2D eigenvalue weighted by molar-refractivity contribution is -0.384. The molecule has 2 heterocycles. The van der Waals surface area contributed by atoms with Gasteiger partial charge in [-0.3, -0.25) is 10.1 Å². The minimum atomic E-state index is -0.371. The third-order valence-corrected chi connectivity index (χ3v) is 3.21. The zero-order valence-corrected chi connectivity index (χ0v) is 10.4. The van der Waals surface area contributed by atoms with Gasteiger partial charge in [-0.25, -0.2) is 4.98 Å². The van der Waals surface area contributed by atoms with Crippen molar-refractivity contribution in [3.05, 3.63) is 28.4 Å². The number of hydrogen-bond donors (Lipinski definition) is 0. The summed E-state index contributed by atoms with van der Waals surface area (Å²) >= 11 is 0. The Morgan fingerprint density at radius 2 is 2.28 bits per heavy atom. The summed E-state index contributed by atoms with van der Waals surface area (Å²) in [5, 5.41) is 11.0. The predicted octanol–water partition coefficient (Wildman–Crippen LogP) is 2.00. The Kier molecular flexibility index (Phi) is 4.09. The highest BCUT2D eigenvalue weighted by Crippen LogP contribution is 2.28. The van der Waals surface area contributed by atoms with E-state index in [0.717, 1.165) is 12.8 Å². The number of pyridine rings is 1. The number of ether oxygens (including phenoxy) is 1. The summed E-state index contributed by atoms with van der Waals surface area (Å²) in [6.07, 6.45) is 3.38. The molecular weight excluding hydrogens is 234 g/mol. The maximum Gasteiger partial charge on any atom is 0.311 e. The maximum absolute atomic E-state index is 11.0. The van der Waals surface area contributed by atoms with Crippen LogP contribution in [0.25, 0.3) is 0 Å². The van der Waals surface area contributed by atoms with E-state index in [1.54, 1.807) is 12.3 Å². The highest BCUT2D eigenvalue weighted by molar-refractivity contribution is 5.57. The van der Waals surface area contributed by atoms with E-state index in [2.05, 4.69) is 4.98 Å². The van der Waals surface area contributed by atoms with Gasteiger partial charge in [-0.1, -0.05) is 0 Å². The molecule has 0 spiro atoms. The molecule has 0 amide bonds. The summed E-state index contributed by atoms with van der Waals surface area (Å²) in [5.74, 6) is 0.469. The number of aromatic nitrogens is 1. The molecule has 6 heteroatoms. The lowest BCUT2D eigenvalue weighted by atomic mass is 10.1. The summed E-state index contributed by atoms with van der Waals surface area (Å²) < 4.78 is 5.33. The fraction of sp³-hybridized carbons (Fsp3) is 0.583. The Labute approximate surface area is 106 Å². The van der Waals surface area contributed by atoms with Gasteiger partial charge in [0.2, 0.25) is 5.82 Å². The number of rotatable bonds is 4. The van der Waals surface area contributed by atoms with E-state index >= 15 is 0 Å². The van der Waals surface area contributed by atoms with Crippen LogP contribution in [0.4, 0.5) is 11.5 Å². The second-order valence-electron chi connectivity index (χ2n) is 4.23. The average molecular weight is 251 g/mol. The van der Waals surface area contributed by atoms with E-state index in [1.807, 2.05) is 11.8 Å². The first-order valence-electron chi connectivity index (χ1n) is 6.17. The van der Waals surface area contributed by atoms with Crippen molar-refractivity contribution in [1.82, 2.24) is 4.98 Å². The number of nitro groups is 1. The lowest BCUT2D eigenvalue weighted by Crippen LogP contribution is -2.40. The molecule has 1 aliphatic heterocycles. The molecule has 1 aromatic heterocycles. The Hall–Kier alpha value is -1.69. The summed E-state index contributed by atoms with van der Waals surface area (Å²) in [6.45, 7) is 4.12. The average Bonchev–Trinajstić information content (AvgIpc) is 2.41. The van der Waals surface area contributed by atoms with Crippen LogP contribution < -0.4 is 4.90 Å². The van der Waals surface area contributed by atoms with Crippen molar-refractivity contribution in [3.8, 4) is 0 Å². The molecule has 0 radical (unpaired) electrons. The van der Waals surface area contributed by atoms with Gasteiger partial charge in [0.25, 0.3) is 0 Å². The van der Waals surface area contributed by atoms with Gasteiger partial charge in [-0.2, -0.15) is 0 Å². The first-order chi connectivity index (χ1) is 8.74. The van der Waals surface area contributed by atoms with Gasteiger partial charge >= 0.3 is 5.69 Å². The van der Waals surface area contributed by atoms with Gasteiger partial charge in [-0.15, -0.1) is 0 Å². The third-order valence-electron chi connectivity index (χ3n) is 3.21. The van der Waals surface area contributed by atoms with Crippen LogP contribution in [0.1, 0.15) is 19.8 Å². The number of anilines is 1. The minimum Gasteiger partial charge on any atom is -0.381 e. The quantitative estimate of drug-likeness (QED) is 0.604. The van der Waals surface area contributed by atoms with Crippen LogP contribution >= 0.6 is 0 Å². The molecule has 0 aromatic carbocycles. The zero-order valence-electron chi connectivity index (χ0n) is 10.4. The molecule has 0 unspecified atom stereocenters. The second-order valence-corrected chi connectivity index (χ2v) is 4.23. The summed E-state index contributed by atoms with van der Waals surface area (Å²) in [7, 11) is 0. The Bertz CT molecular complexity index is 419. The minimum absolute atomic E-state index is 0.0749. The van der Waals surface area contributed by atoms with Gasteiger partial charge in [0.15, 0.2) is 0 Å². The van der Waals surface area contributed by atoms with Crippen molar-refractivity contribution in [2.75, 3.05) is 24.7 Å². The largest absolute Gasteiger partial charge is 0.381 e.